The summed E-state index contributed by atoms with van der Waals surface area (Å²) in [4.78, 5) is 4.35. The van der Waals surface area contributed by atoms with Gasteiger partial charge in [0, 0.05) is 10.7 Å². The zero-order valence-corrected chi connectivity index (χ0v) is 11.3. The standard InChI is InChI=1S/C12H12BrNOS/c1-9-14-11(8-16-9)7-15-12-4-2-3-10(5-12)6-13/h2-5,8H,6-7H2,1H3. The molecule has 84 valence electrons. The number of rotatable bonds is 4. The van der Waals surface area contributed by atoms with Gasteiger partial charge in [0.2, 0.25) is 0 Å². The summed E-state index contributed by atoms with van der Waals surface area (Å²) in [6, 6.07) is 8.06. The fourth-order valence-corrected chi connectivity index (χ4v) is 2.30. The van der Waals surface area contributed by atoms with Gasteiger partial charge in [0.15, 0.2) is 0 Å². The number of ether oxygens (including phenoxy) is 1. The van der Waals surface area contributed by atoms with Crippen LogP contribution in [0.4, 0.5) is 0 Å². The molecule has 0 unspecified atom stereocenters. The Morgan fingerprint density at radius 2 is 2.31 bits per heavy atom. The van der Waals surface area contributed by atoms with Crippen LogP contribution in [0, 0.1) is 6.92 Å². The van der Waals surface area contributed by atoms with E-state index in [0.29, 0.717) is 6.61 Å². The molecular weight excluding hydrogens is 286 g/mol. The normalized spacial score (nSPS) is 10.4. The highest BCUT2D eigenvalue weighted by atomic mass is 79.9. The molecule has 0 saturated heterocycles. The Balaban J connectivity index is 1.99. The van der Waals surface area contributed by atoms with Crippen molar-refractivity contribution in [3.63, 3.8) is 0 Å². The summed E-state index contributed by atoms with van der Waals surface area (Å²) < 4.78 is 5.67. The van der Waals surface area contributed by atoms with E-state index in [1.807, 2.05) is 30.5 Å². The number of aryl methyl sites for hydroxylation is 1. The molecule has 0 bridgehead atoms. The minimum absolute atomic E-state index is 0.538. The fourth-order valence-electron chi connectivity index (χ4n) is 1.35. The van der Waals surface area contributed by atoms with E-state index in [4.69, 9.17) is 4.74 Å². The molecule has 0 atom stereocenters. The Morgan fingerprint density at radius 3 is 3.00 bits per heavy atom. The number of halogens is 1. The highest BCUT2D eigenvalue weighted by Gasteiger charge is 2.00. The summed E-state index contributed by atoms with van der Waals surface area (Å²) in [6.45, 7) is 2.54. The molecule has 4 heteroatoms. The molecular formula is C12H12BrNOS. The van der Waals surface area contributed by atoms with Crippen LogP contribution < -0.4 is 4.74 Å². The van der Waals surface area contributed by atoms with Crippen LogP contribution in [0.1, 0.15) is 16.3 Å². The molecule has 0 N–H and O–H groups in total. The molecule has 0 saturated carbocycles. The summed E-state index contributed by atoms with van der Waals surface area (Å²) in [5, 5.41) is 3.96. The molecule has 0 aliphatic carbocycles. The molecule has 2 nitrogen and oxygen atoms in total. The number of hydrogen-bond donors (Lipinski definition) is 0. The van der Waals surface area contributed by atoms with Gasteiger partial charge >= 0.3 is 0 Å². The lowest BCUT2D eigenvalue weighted by atomic mass is 10.2. The molecule has 2 rings (SSSR count). The van der Waals surface area contributed by atoms with E-state index in [1.54, 1.807) is 11.3 Å². The van der Waals surface area contributed by atoms with Crippen LogP contribution in [-0.4, -0.2) is 4.98 Å². The SMILES string of the molecule is Cc1nc(COc2cccc(CBr)c2)cs1. The van der Waals surface area contributed by atoms with E-state index in [9.17, 15) is 0 Å². The van der Waals surface area contributed by atoms with Gasteiger partial charge in [-0.25, -0.2) is 4.98 Å². The first kappa shape index (κ1) is 11.6. The number of nitrogens with zero attached hydrogens (tertiary/aromatic N) is 1. The van der Waals surface area contributed by atoms with Crippen LogP contribution in [0.15, 0.2) is 29.6 Å². The van der Waals surface area contributed by atoms with Crippen LogP contribution in [-0.2, 0) is 11.9 Å². The van der Waals surface area contributed by atoms with Crippen molar-refractivity contribution in [2.45, 2.75) is 18.9 Å². The highest BCUT2D eigenvalue weighted by molar-refractivity contribution is 9.08. The predicted octanol–water partition coefficient (Wildman–Crippen LogP) is 3.93. The summed E-state index contributed by atoms with van der Waals surface area (Å²) in [5.74, 6) is 0.891. The first-order valence-corrected chi connectivity index (χ1v) is 6.97. The number of alkyl halides is 1. The van der Waals surface area contributed by atoms with Gasteiger partial charge in [0.05, 0.1) is 10.7 Å². The molecule has 0 aliphatic rings. The van der Waals surface area contributed by atoms with Crippen LogP contribution in [0.2, 0.25) is 0 Å². The monoisotopic (exact) mass is 297 g/mol. The Labute approximate surface area is 107 Å². The average molecular weight is 298 g/mol. The minimum atomic E-state index is 0.538. The van der Waals surface area contributed by atoms with Crippen molar-refractivity contribution in [1.82, 2.24) is 4.98 Å². The second kappa shape index (κ2) is 5.46. The Morgan fingerprint density at radius 1 is 1.44 bits per heavy atom. The number of aromatic nitrogens is 1. The summed E-state index contributed by atoms with van der Waals surface area (Å²) in [7, 11) is 0. The van der Waals surface area contributed by atoms with Gasteiger partial charge in [0.25, 0.3) is 0 Å². The lowest BCUT2D eigenvalue weighted by Crippen LogP contribution is -1.96. The molecule has 1 heterocycles. The number of benzene rings is 1. The summed E-state index contributed by atoms with van der Waals surface area (Å²) in [5.41, 5.74) is 2.21. The molecule has 0 spiro atoms. The smallest absolute Gasteiger partial charge is 0.131 e. The Kier molecular flexibility index (Phi) is 3.96. The van der Waals surface area contributed by atoms with Gasteiger partial charge in [-0.05, 0) is 24.6 Å². The zero-order chi connectivity index (χ0) is 11.4. The predicted molar refractivity (Wildman–Crippen MR) is 70.3 cm³/mol. The summed E-state index contributed by atoms with van der Waals surface area (Å²) in [6.07, 6.45) is 0. The number of hydrogen-bond acceptors (Lipinski definition) is 3. The van der Waals surface area contributed by atoms with Gasteiger partial charge in [0.1, 0.15) is 12.4 Å². The van der Waals surface area contributed by atoms with E-state index in [1.165, 1.54) is 5.56 Å². The first-order valence-electron chi connectivity index (χ1n) is 4.96. The van der Waals surface area contributed by atoms with Crippen molar-refractivity contribution >= 4 is 27.3 Å². The van der Waals surface area contributed by atoms with Gasteiger partial charge in [-0.2, -0.15) is 0 Å². The highest BCUT2D eigenvalue weighted by Crippen LogP contribution is 2.17. The molecule has 2 aromatic rings. The Hall–Kier alpha value is -0.870. The minimum Gasteiger partial charge on any atom is -0.487 e. The maximum absolute atomic E-state index is 5.67. The van der Waals surface area contributed by atoms with Crippen LogP contribution in [0.5, 0.6) is 5.75 Å². The van der Waals surface area contributed by atoms with Gasteiger partial charge in [-0.3, -0.25) is 0 Å². The average Bonchev–Trinajstić information content (AvgIpc) is 2.73. The van der Waals surface area contributed by atoms with Crippen LogP contribution >= 0.6 is 27.3 Å². The third kappa shape index (κ3) is 3.06. The van der Waals surface area contributed by atoms with Crippen molar-refractivity contribution in [2.75, 3.05) is 0 Å². The van der Waals surface area contributed by atoms with Gasteiger partial charge in [-0.15, -0.1) is 11.3 Å². The van der Waals surface area contributed by atoms with E-state index in [2.05, 4.69) is 27.0 Å². The molecule has 1 aromatic carbocycles. The van der Waals surface area contributed by atoms with Crippen molar-refractivity contribution < 1.29 is 4.74 Å². The maximum atomic E-state index is 5.67. The second-order valence-corrected chi connectivity index (χ2v) is 5.05. The van der Waals surface area contributed by atoms with Crippen molar-refractivity contribution in [3.8, 4) is 5.75 Å². The maximum Gasteiger partial charge on any atom is 0.131 e. The molecule has 0 amide bonds. The van der Waals surface area contributed by atoms with E-state index >= 15 is 0 Å². The molecule has 0 fully saturated rings. The van der Waals surface area contributed by atoms with Crippen molar-refractivity contribution in [2.24, 2.45) is 0 Å². The van der Waals surface area contributed by atoms with Crippen LogP contribution in [0.3, 0.4) is 0 Å². The second-order valence-electron chi connectivity index (χ2n) is 3.43. The lowest BCUT2D eigenvalue weighted by molar-refractivity contribution is 0.302. The first-order chi connectivity index (χ1) is 7.78. The fraction of sp³-hybridized carbons (Fsp3) is 0.250. The molecule has 0 aliphatic heterocycles. The van der Waals surface area contributed by atoms with E-state index in [-0.39, 0.29) is 0 Å². The molecule has 16 heavy (non-hydrogen) atoms. The molecule has 1 aromatic heterocycles. The third-order valence-corrected chi connectivity index (χ3v) is 3.58. The zero-order valence-electron chi connectivity index (χ0n) is 8.94. The van der Waals surface area contributed by atoms with Crippen LogP contribution in [0.25, 0.3) is 0 Å². The largest absolute Gasteiger partial charge is 0.487 e. The van der Waals surface area contributed by atoms with Gasteiger partial charge in [-0.1, -0.05) is 28.1 Å². The van der Waals surface area contributed by atoms with E-state index < -0.39 is 0 Å². The Bertz CT molecular complexity index is 470. The van der Waals surface area contributed by atoms with Crippen molar-refractivity contribution in [3.05, 3.63) is 45.9 Å². The van der Waals surface area contributed by atoms with Gasteiger partial charge < -0.3 is 4.74 Å². The molecule has 0 radical (unpaired) electrons. The third-order valence-electron chi connectivity index (χ3n) is 2.11. The topological polar surface area (TPSA) is 22.1 Å². The quantitative estimate of drug-likeness (QED) is 0.798. The van der Waals surface area contributed by atoms with Crippen molar-refractivity contribution in [1.29, 1.82) is 0 Å². The number of thiazole rings is 1. The lowest BCUT2D eigenvalue weighted by Gasteiger charge is -2.05. The summed E-state index contributed by atoms with van der Waals surface area (Å²) >= 11 is 5.07. The van der Waals surface area contributed by atoms with E-state index in [0.717, 1.165) is 21.8 Å².